The summed E-state index contributed by atoms with van der Waals surface area (Å²) in [7, 11) is 1.44. The van der Waals surface area contributed by atoms with Crippen molar-refractivity contribution in [1.29, 1.82) is 0 Å². The third-order valence-corrected chi connectivity index (χ3v) is 5.19. The first kappa shape index (κ1) is 18.2. The van der Waals surface area contributed by atoms with Crippen LogP contribution >= 0.6 is 0 Å². The molecule has 26 heavy (non-hydrogen) atoms. The van der Waals surface area contributed by atoms with Crippen molar-refractivity contribution in [3.05, 3.63) is 60.2 Å². The molecule has 0 bridgehead atoms. The average Bonchev–Trinajstić information content (AvgIpc) is 2.72. The lowest BCUT2D eigenvalue weighted by atomic mass is 9.82. The lowest BCUT2D eigenvalue weighted by molar-refractivity contribution is -0.146. The molecule has 1 fully saturated rings. The second-order valence-electron chi connectivity index (χ2n) is 6.89. The van der Waals surface area contributed by atoms with Gasteiger partial charge in [0.1, 0.15) is 0 Å². The van der Waals surface area contributed by atoms with E-state index < -0.39 is 0 Å². The molecule has 0 spiro atoms. The van der Waals surface area contributed by atoms with Crippen molar-refractivity contribution in [2.75, 3.05) is 13.7 Å². The Kier molecular flexibility index (Phi) is 6.05. The standard InChI is InChI=1S/C22H25NO3/c1-26-22(25)20-9-7-16(8-10-20)15-23-21(24)19-13-11-18(12-14-19)17-5-3-2-4-6-17/h2-6,11-14,16,20H,7-10,15H2,1H3,(H,23,24). The Morgan fingerprint density at radius 3 is 2.15 bits per heavy atom. The Morgan fingerprint density at radius 1 is 0.923 bits per heavy atom. The van der Waals surface area contributed by atoms with Crippen molar-refractivity contribution in [2.45, 2.75) is 25.7 Å². The van der Waals surface area contributed by atoms with Crippen LogP contribution in [0.2, 0.25) is 0 Å². The molecule has 0 radical (unpaired) electrons. The van der Waals surface area contributed by atoms with Crippen LogP contribution in [-0.4, -0.2) is 25.5 Å². The van der Waals surface area contributed by atoms with Crippen LogP contribution in [0.15, 0.2) is 54.6 Å². The fourth-order valence-electron chi connectivity index (χ4n) is 3.55. The molecule has 1 aliphatic carbocycles. The Labute approximate surface area is 154 Å². The Morgan fingerprint density at radius 2 is 1.54 bits per heavy atom. The molecule has 0 heterocycles. The number of carbonyl (C=O) groups is 2. The van der Waals surface area contributed by atoms with E-state index in [0.29, 0.717) is 18.0 Å². The van der Waals surface area contributed by atoms with E-state index in [-0.39, 0.29) is 17.8 Å². The van der Waals surface area contributed by atoms with E-state index >= 15 is 0 Å². The number of methoxy groups -OCH3 is 1. The smallest absolute Gasteiger partial charge is 0.308 e. The molecule has 2 aromatic carbocycles. The van der Waals surface area contributed by atoms with E-state index in [4.69, 9.17) is 4.74 Å². The molecule has 136 valence electrons. The van der Waals surface area contributed by atoms with Crippen molar-refractivity contribution < 1.29 is 14.3 Å². The van der Waals surface area contributed by atoms with Crippen LogP contribution < -0.4 is 5.32 Å². The molecule has 4 nitrogen and oxygen atoms in total. The van der Waals surface area contributed by atoms with E-state index in [9.17, 15) is 9.59 Å². The summed E-state index contributed by atoms with van der Waals surface area (Å²) in [6.45, 7) is 0.660. The summed E-state index contributed by atoms with van der Waals surface area (Å²) in [5.74, 6) is 0.312. The molecule has 0 atom stereocenters. The summed E-state index contributed by atoms with van der Waals surface area (Å²) >= 11 is 0. The molecule has 3 rings (SSSR count). The van der Waals surface area contributed by atoms with Gasteiger partial charge >= 0.3 is 5.97 Å². The number of hydrogen-bond acceptors (Lipinski definition) is 3. The van der Waals surface area contributed by atoms with Gasteiger partial charge in [0.25, 0.3) is 5.91 Å². The normalized spacial score (nSPS) is 19.6. The van der Waals surface area contributed by atoms with Crippen LogP contribution in [0, 0.1) is 11.8 Å². The molecule has 1 amide bonds. The van der Waals surface area contributed by atoms with Crippen molar-refractivity contribution in [2.24, 2.45) is 11.8 Å². The van der Waals surface area contributed by atoms with Gasteiger partial charge in [0.2, 0.25) is 0 Å². The van der Waals surface area contributed by atoms with E-state index in [1.165, 1.54) is 7.11 Å². The summed E-state index contributed by atoms with van der Waals surface area (Å²) in [6, 6.07) is 17.8. The third kappa shape index (κ3) is 4.51. The topological polar surface area (TPSA) is 55.4 Å². The lowest BCUT2D eigenvalue weighted by Gasteiger charge is -2.26. The number of carbonyl (C=O) groups excluding carboxylic acids is 2. The van der Waals surface area contributed by atoms with Crippen molar-refractivity contribution >= 4 is 11.9 Å². The molecule has 1 aliphatic rings. The number of nitrogens with one attached hydrogen (secondary N) is 1. The molecule has 0 aliphatic heterocycles. The van der Waals surface area contributed by atoms with Crippen LogP contribution in [0.5, 0.6) is 0 Å². The second-order valence-corrected chi connectivity index (χ2v) is 6.89. The quantitative estimate of drug-likeness (QED) is 0.827. The molecule has 4 heteroatoms. The monoisotopic (exact) mass is 351 g/mol. The molecule has 1 N–H and O–H groups in total. The minimum Gasteiger partial charge on any atom is -0.469 e. The summed E-state index contributed by atoms with van der Waals surface area (Å²) in [4.78, 5) is 23.9. The van der Waals surface area contributed by atoms with E-state index in [1.807, 2.05) is 42.5 Å². The zero-order chi connectivity index (χ0) is 18.4. The third-order valence-electron chi connectivity index (χ3n) is 5.19. The largest absolute Gasteiger partial charge is 0.469 e. The summed E-state index contributed by atoms with van der Waals surface area (Å²) in [5.41, 5.74) is 2.91. The van der Waals surface area contributed by atoms with E-state index in [0.717, 1.165) is 36.8 Å². The van der Waals surface area contributed by atoms with Gasteiger partial charge in [-0.1, -0.05) is 42.5 Å². The van der Waals surface area contributed by atoms with Gasteiger partial charge in [0.05, 0.1) is 13.0 Å². The summed E-state index contributed by atoms with van der Waals surface area (Å²) < 4.78 is 4.81. The second kappa shape index (κ2) is 8.65. The Balaban J connectivity index is 1.49. The molecule has 0 unspecified atom stereocenters. The summed E-state index contributed by atoms with van der Waals surface area (Å²) in [6.07, 6.45) is 3.60. The van der Waals surface area contributed by atoms with Gasteiger partial charge in [0, 0.05) is 12.1 Å². The van der Waals surface area contributed by atoms with Crippen LogP contribution in [0.4, 0.5) is 0 Å². The van der Waals surface area contributed by atoms with E-state index in [2.05, 4.69) is 17.4 Å². The number of benzene rings is 2. The molecule has 0 saturated heterocycles. The van der Waals surface area contributed by atoms with Crippen LogP contribution in [0.25, 0.3) is 11.1 Å². The van der Waals surface area contributed by atoms with Gasteiger partial charge < -0.3 is 10.1 Å². The maximum absolute atomic E-state index is 12.4. The first-order valence-corrected chi connectivity index (χ1v) is 9.19. The fraction of sp³-hybridized carbons (Fsp3) is 0.364. The lowest BCUT2D eigenvalue weighted by Crippen LogP contribution is -2.32. The molecule has 1 saturated carbocycles. The first-order valence-electron chi connectivity index (χ1n) is 9.19. The number of esters is 1. The van der Waals surface area contributed by atoms with Gasteiger partial charge in [-0.3, -0.25) is 9.59 Å². The maximum atomic E-state index is 12.4. The van der Waals surface area contributed by atoms with Crippen molar-refractivity contribution in [1.82, 2.24) is 5.32 Å². The van der Waals surface area contributed by atoms with Crippen LogP contribution in [-0.2, 0) is 9.53 Å². The zero-order valence-electron chi connectivity index (χ0n) is 15.1. The highest BCUT2D eigenvalue weighted by atomic mass is 16.5. The maximum Gasteiger partial charge on any atom is 0.308 e. The van der Waals surface area contributed by atoms with Gasteiger partial charge in [-0.05, 0) is 54.9 Å². The van der Waals surface area contributed by atoms with Crippen LogP contribution in [0.3, 0.4) is 0 Å². The first-order chi connectivity index (χ1) is 12.7. The minimum absolute atomic E-state index is 0.0254. The number of hydrogen-bond donors (Lipinski definition) is 1. The zero-order valence-corrected chi connectivity index (χ0v) is 15.1. The molecule has 2 aromatic rings. The van der Waals surface area contributed by atoms with Gasteiger partial charge in [0.15, 0.2) is 0 Å². The predicted octanol–water partition coefficient (Wildman–Crippen LogP) is 4.06. The van der Waals surface area contributed by atoms with Crippen LogP contribution in [0.1, 0.15) is 36.0 Å². The van der Waals surface area contributed by atoms with Crippen molar-refractivity contribution in [3.63, 3.8) is 0 Å². The molecule has 0 aromatic heterocycles. The highest BCUT2D eigenvalue weighted by molar-refractivity contribution is 5.94. The molecular formula is C22H25NO3. The van der Waals surface area contributed by atoms with Crippen molar-refractivity contribution in [3.8, 4) is 11.1 Å². The minimum atomic E-state index is -0.106. The SMILES string of the molecule is COC(=O)C1CCC(CNC(=O)c2ccc(-c3ccccc3)cc2)CC1. The fourth-order valence-corrected chi connectivity index (χ4v) is 3.55. The summed E-state index contributed by atoms with van der Waals surface area (Å²) in [5, 5.41) is 3.03. The Bertz CT molecular complexity index is 732. The van der Waals surface area contributed by atoms with Gasteiger partial charge in [-0.2, -0.15) is 0 Å². The Hall–Kier alpha value is -2.62. The molecular weight excluding hydrogens is 326 g/mol. The van der Waals surface area contributed by atoms with Gasteiger partial charge in [-0.25, -0.2) is 0 Å². The highest BCUT2D eigenvalue weighted by Crippen LogP contribution is 2.29. The number of ether oxygens (including phenoxy) is 1. The number of amides is 1. The average molecular weight is 351 g/mol. The van der Waals surface area contributed by atoms with Gasteiger partial charge in [-0.15, -0.1) is 0 Å². The predicted molar refractivity (Wildman–Crippen MR) is 102 cm³/mol. The number of rotatable bonds is 5. The highest BCUT2D eigenvalue weighted by Gasteiger charge is 2.27. The van der Waals surface area contributed by atoms with E-state index in [1.54, 1.807) is 0 Å².